The van der Waals surface area contributed by atoms with E-state index in [1.807, 2.05) is 49.9 Å². The lowest BCUT2D eigenvalue weighted by Crippen LogP contribution is -2.46. The van der Waals surface area contributed by atoms with Crippen LogP contribution in [0.3, 0.4) is 0 Å². The smallest absolute Gasteiger partial charge is 0.229 e. The minimum atomic E-state index is -0.181. The van der Waals surface area contributed by atoms with Crippen molar-refractivity contribution in [3.8, 4) is 0 Å². The molecule has 0 aliphatic carbocycles. The monoisotopic (exact) mass is 478 g/mol. The lowest BCUT2D eigenvalue weighted by molar-refractivity contribution is -0.124. The standard InChI is InChI=1S/C30H39FN2O2/c1-21-17-26(28(34)12-6-7-13-32-14-8-9-15-32)18-22(2)29(21)33-20-24(16-23(3)30(33)35)19-25-10-4-5-11-27(25)31/h4-5,10-11,17-18,23-24H,6-9,12-16,19-20H2,1-3H3/t23-,24-/m1/s1. The molecule has 0 N–H and O–H groups in total. The summed E-state index contributed by atoms with van der Waals surface area (Å²) >= 11 is 0. The Labute approximate surface area is 209 Å². The number of hydrogen-bond donors (Lipinski definition) is 0. The van der Waals surface area contributed by atoms with Gasteiger partial charge in [-0.15, -0.1) is 0 Å². The highest BCUT2D eigenvalue weighted by molar-refractivity contribution is 6.00. The average Bonchev–Trinajstić information content (AvgIpc) is 3.34. The molecule has 2 aliphatic rings. The van der Waals surface area contributed by atoms with Gasteiger partial charge in [0.05, 0.1) is 0 Å². The average molecular weight is 479 g/mol. The van der Waals surface area contributed by atoms with Crippen molar-refractivity contribution in [1.29, 1.82) is 0 Å². The first kappa shape index (κ1) is 25.6. The summed E-state index contributed by atoms with van der Waals surface area (Å²) in [4.78, 5) is 30.5. The van der Waals surface area contributed by atoms with Crippen LogP contribution in [0.15, 0.2) is 36.4 Å². The summed E-state index contributed by atoms with van der Waals surface area (Å²) in [5.74, 6) is 0.188. The molecule has 0 saturated carbocycles. The molecule has 0 aromatic heterocycles. The van der Waals surface area contributed by atoms with Gasteiger partial charge in [0.2, 0.25) is 5.91 Å². The molecule has 0 spiro atoms. The van der Waals surface area contributed by atoms with E-state index in [1.165, 1.54) is 32.0 Å². The summed E-state index contributed by atoms with van der Waals surface area (Å²) in [6.45, 7) is 10.0. The largest absolute Gasteiger partial charge is 0.311 e. The molecule has 0 unspecified atom stereocenters. The number of benzene rings is 2. The summed E-state index contributed by atoms with van der Waals surface area (Å²) in [5, 5.41) is 0. The predicted molar refractivity (Wildman–Crippen MR) is 139 cm³/mol. The van der Waals surface area contributed by atoms with Crippen molar-refractivity contribution in [3.05, 3.63) is 64.5 Å². The normalized spacial score (nSPS) is 21.0. The first-order chi connectivity index (χ1) is 16.8. The van der Waals surface area contributed by atoms with Crippen molar-refractivity contribution in [2.45, 2.75) is 65.7 Å². The van der Waals surface area contributed by atoms with Gasteiger partial charge in [-0.05, 0) is 113 Å². The molecule has 2 aromatic carbocycles. The van der Waals surface area contributed by atoms with E-state index in [0.29, 0.717) is 24.9 Å². The first-order valence-electron chi connectivity index (χ1n) is 13.2. The fraction of sp³-hybridized carbons (Fsp3) is 0.533. The Morgan fingerprint density at radius 3 is 2.43 bits per heavy atom. The Hall–Kier alpha value is -2.53. The second-order valence-electron chi connectivity index (χ2n) is 10.6. The van der Waals surface area contributed by atoms with Crippen LogP contribution in [0.2, 0.25) is 0 Å². The van der Waals surface area contributed by atoms with Gasteiger partial charge in [-0.1, -0.05) is 25.1 Å². The lowest BCUT2D eigenvalue weighted by atomic mass is 9.84. The number of rotatable bonds is 9. The van der Waals surface area contributed by atoms with Gasteiger partial charge < -0.3 is 9.80 Å². The summed E-state index contributed by atoms with van der Waals surface area (Å²) < 4.78 is 14.3. The summed E-state index contributed by atoms with van der Waals surface area (Å²) in [6, 6.07) is 10.8. The van der Waals surface area contributed by atoms with E-state index in [9.17, 15) is 14.0 Å². The highest BCUT2D eigenvalue weighted by Gasteiger charge is 2.34. The second kappa shape index (κ2) is 11.5. The number of anilines is 1. The van der Waals surface area contributed by atoms with E-state index >= 15 is 0 Å². The van der Waals surface area contributed by atoms with Crippen LogP contribution >= 0.6 is 0 Å². The van der Waals surface area contributed by atoms with Crippen molar-refractivity contribution < 1.29 is 14.0 Å². The van der Waals surface area contributed by atoms with Gasteiger partial charge >= 0.3 is 0 Å². The van der Waals surface area contributed by atoms with E-state index in [-0.39, 0.29) is 29.3 Å². The molecule has 2 saturated heterocycles. The van der Waals surface area contributed by atoms with E-state index in [2.05, 4.69) is 4.90 Å². The van der Waals surface area contributed by atoms with Crippen LogP contribution in [0.5, 0.6) is 0 Å². The van der Waals surface area contributed by atoms with Crippen LogP contribution < -0.4 is 4.90 Å². The zero-order chi connectivity index (χ0) is 24.9. The number of piperidine rings is 1. The molecule has 35 heavy (non-hydrogen) atoms. The van der Waals surface area contributed by atoms with Crippen LogP contribution in [0.4, 0.5) is 10.1 Å². The van der Waals surface area contributed by atoms with Gasteiger partial charge in [-0.25, -0.2) is 4.39 Å². The maximum Gasteiger partial charge on any atom is 0.229 e. The number of unbranched alkanes of at least 4 members (excludes halogenated alkanes) is 1. The molecule has 2 fully saturated rings. The fourth-order valence-corrected chi connectivity index (χ4v) is 5.93. The third-order valence-corrected chi connectivity index (χ3v) is 7.69. The molecule has 4 rings (SSSR count). The molecule has 188 valence electrons. The Kier molecular flexibility index (Phi) is 8.38. The molecule has 0 radical (unpaired) electrons. The third-order valence-electron chi connectivity index (χ3n) is 7.69. The number of carbonyl (C=O) groups excluding carboxylic acids is 2. The maximum atomic E-state index is 14.3. The third kappa shape index (κ3) is 6.19. The van der Waals surface area contributed by atoms with Crippen molar-refractivity contribution in [2.24, 2.45) is 11.8 Å². The minimum absolute atomic E-state index is 0.113. The number of halogens is 1. The van der Waals surface area contributed by atoms with Crippen LogP contribution in [0.1, 0.15) is 72.5 Å². The molecular formula is C30H39FN2O2. The van der Waals surface area contributed by atoms with Gasteiger partial charge in [0, 0.05) is 30.1 Å². The molecule has 2 heterocycles. The van der Waals surface area contributed by atoms with Crippen molar-refractivity contribution >= 4 is 17.4 Å². The lowest BCUT2D eigenvalue weighted by Gasteiger charge is -2.38. The molecule has 0 bridgehead atoms. The van der Waals surface area contributed by atoms with Gasteiger partial charge in [-0.2, -0.15) is 0 Å². The second-order valence-corrected chi connectivity index (χ2v) is 10.6. The quantitative estimate of drug-likeness (QED) is 0.322. The topological polar surface area (TPSA) is 40.6 Å². The number of nitrogens with zero attached hydrogens (tertiary/aromatic N) is 2. The molecule has 2 atom stereocenters. The van der Waals surface area contributed by atoms with Crippen LogP contribution in [0, 0.1) is 31.5 Å². The maximum absolute atomic E-state index is 14.3. The number of aryl methyl sites for hydroxylation is 2. The van der Waals surface area contributed by atoms with E-state index < -0.39 is 0 Å². The number of Topliss-reactive ketones (excluding diaryl/α,β-unsaturated/α-hetero) is 1. The highest BCUT2D eigenvalue weighted by Crippen LogP contribution is 2.34. The van der Waals surface area contributed by atoms with Gasteiger partial charge in [0.15, 0.2) is 5.78 Å². The number of hydrogen-bond acceptors (Lipinski definition) is 3. The predicted octanol–water partition coefficient (Wildman–Crippen LogP) is 6.12. The van der Waals surface area contributed by atoms with Gasteiger partial charge in [-0.3, -0.25) is 9.59 Å². The Balaban J connectivity index is 1.43. The van der Waals surface area contributed by atoms with Gasteiger partial charge in [0.1, 0.15) is 5.82 Å². The van der Waals surface area contributed by atoms with E-state index in [1.54, 1.807) is 6.07 Å². The zero-order valence-corrected chi connectivity index (χ0v) is 21.5. The Bertz CT molecular complexity index is 1040. The molecule has 5 heteroatoms. The van der Waals surface area contributed by atoms with E-state index in [0.717, 1.165) is 48.2 Å². The number of carbonyl (C=O) groups is 2. The van der Waals surface area contributed by atoms with Crippen LogP contribution in [-0.2, 0) is 11.2 Å². The minimum Gasteiger partial charge on any atom is -0.311 e. The van der Waals surface area contributed by atoms with Crippen LogP contribution in [0.25, 0.3) is 0 Å². The molecular weight excluding hydrogens is 439 g/mol. The molecule has 4 nitrogen and oxygen atoms in total. The van der Waals surface area contributed by atoms with E-state index in [4.69, 9.17) is 0 Å². The highest BCUT2D eigenvalue weighted by atomic mass is 19.1. The number of ketones is 1. The number of likely N-dealkylation sites (tertiary alicyclic amines) is 1. The SMILES string of the molecule is Cc1cc(C(=O)CCCCN2CCCC2)cc(C)c1N1C[C@@H](Cc2ccccc2F)C[C@@H](C)C1=O. The van der Waals surface area contributed by atoms with Crippen LogP contribution in [-0.4, -0.2) is 42.8 Å². The molecule has 2 aromatic rings. The van der Waals surface area contributed by atoms with Crippen molar-refractivity contribution in [1.82, 2.24) is 4.90 Å². The fourth-order valence-electron chi connectivity index (χ4n) is 5.93. The summed E-state index contributed by atoms with van der Waals surface area (Å²) in [5.41, 5.74) is 4.27. The summed E-state index contributed by atoms with van der Waals surface area (Å²) in [7, 11) is 0. The molecule has 2 aliphatic heterocycles. The first-order valence-corrected chi connectivity index (χ1v) is 13.2. The Morgan fingerprint density at radius 1 is 1.06 bits per heavy atom. The zero-order valence-electron chi connectivity index (χ0n) is 21.5. The summed E-state index contributed by atoms with van der Waals surface area (Å²) in [6.07, 6.45) is 6.51. The van der Waals surface area contributed by atoms with Crippen molar-refractivity contribution in [3.63, 3.8) is 0 Å². The van der Waals surface area contributed by atoms with Crippen molar-refractivity contribution in [2.75, 3.05) is 31.1 Å². The number of amides is 1. The molecule has 1 amide bonds. The van der Waals surface area contributed by atoms with Gasteiger partial charge in [0.25, 0.3) is 0 Å². The Morgan fingerprint density at radius 2 is 1.74 bits per heavy atom.